The molecule has 0 saturated carbocycles. The molecule has 1 atom stereocenters. The maximum Gasteiger partial charge on any atom is 0.0989 e. The van der Waals surface area contributed by atoms with Gasteiger partial charge in [-0.25, -0.2) is 4.68 Å². The fourth-order valence-corrected chi connectivity index (χ4v) is 2.88. The Morgan fingerprint density at radius 1 is 1.50 bits per heavy atom. The van der Waals surface area contributed by atoms with Crippen LogP contribution in [0.3, 0.4) is 0 Å². The normalized spacial score (nSPS) is 21.1. The van der Waals surface area contributed by atoms with Gasteiger partial charge in [-0.1, -0.05) is 11.3 Å². The van der Waals surface area contributed by atoms with Crippen molar-refractivity contribution in [2.75, 3.05) is 13.1 Å². The zero-order valence-electron chi connectivity index (χ0n) is 8.97. The molecule has 0 aromatic carbocycles. The van der Waals surface area contributed by atoms with E-state index in [0.29, 0.717) is 6.04 Å². The predicted octanol–water partition coefficient (Wildman–Crippen LogP) is 1.93. The second-order valence-electron chi connectivity index (χ2n) is 4.04. The quantitative estimate of drug-likeness (QED) is 0.863. The van der Waals surface area contributed by atoms with E-state index < -0.39 is 0 Å². The number of nitrogens with one attached hydrogen (secondary N) is 1. The molecule has 16 heavy (non-hydrogen) atoms. The number of hydrogen-bond donors (Lipinski definition) is 1. The summed E-state index contributed by atoms with van der Waals surface area (Å²) in [5.74, 6) is 0. The van der Waals surface area contributed by atoms with E-state index in [-0.39, 0.29) is 0 Å². The van der Waals surface area contributed by atoms with Crippen LogP contribution in [0.5, 0.6) is 0 Å². The fraction of sp³-hybridized carbons (Fsp3) is 0.455. The molecule has 2 aromatic heterocycles. The molecule has 0 aliphatic carbocycles. The first-order valence-electron chi connectivity index (χ1n) is 5.60. The minimum Gasteiger partial charge on any atom is -0.315 e. The summed E-state index contributed by atoms with van der Waals surface area (Å²) in [4.78, 5) is 1.25. The Bertz CT molecular complexity index is 442. The van der Waals surface area contributed by atoms with Crippen LogP contribution >= 0.6 is 11.3 Å². The molecular weight excluding hydrogens is 220 g/mol. The molecule has 2 aromatic rings. The van der Waals surface area contributed by atoms with E-state index in [2.05, 4.69) is 37.8 Å². The second-order valence-corrected chi connectivity index (χ2v) is 4.99. The number of thiophene rings is 1. The summed E-state index contributed by atoms with van der Waals surface area (Å²) in [6.45, 7) is 2.13. The lowest BCUT2D eigenvalue weighted by Gasteiger charge is -2.23. The average Bonchev–Trinajstić information content (AvgIpc) is 3.01. The standard InChI is InChI=1S/C11H14N4S/c1-3-9(7-12-5-1)15-10(8-13-14-15)11-4-2-6-16-11/h2,4,6,8-9,12H,1,3,5,7H2. The van der Waals surface area contributed by atoms with Gasteiger partial charge < -0.3 is 5.32 Å². The molecule has 1 aliphatic rings. The molecule has 1 fully saturated rings. The third kappa shape index (κ3) is 1.76. The molecule has 1 saturated heterocycles. The molecule has 4 nitrogen and oxygen atoms in total. The van der Waals surface area contributed by atoms with Crippen LogP contribution < -0.4 is 5.32 Å². The van der Waals surface area contributed by atoms with Crippen molar-refractivity contribution in [2.45, 2.75) is 18.9 Å². The molecule has 1 unspecified atom stereocenters. The van der Waals surface area contributed by atoms with Gasteiger partial charge in [-0.2, -0.15) is 0 Å². The minimum atomic E-state index is 0.452. The summed E-state index contributed by atoms with van der Waals surface area (Å²) in [5.41, 5.74) is 1.14. The zero-order valence-corrected chi connectivity index (χ0v) is 9.78. The van der Waals surface area contributed by atoms with Gasteiger partial charge in [-0.15, -0.1) is 16.4 Å². The van der Waals surface area contributed by atoms with E-state index in [4.69, 9.17) is 0 Å². The van der Waals surface area contributed by atoms with E-state index in [1.807, 2.05) is 6.20 Å². The lowest BCUT2D eigenvalue weighted by Crippen LogP contribution is -2.32. The third-order valence-corrected chi connectivity index (χ3v) is 3.86. The Kier molecular flexibility index (Phi) is 2.71. The van der Waals surface area contributed by atoms with E-state index in [1.165, 1.54) is 17.7 Å². The average molecular weight is 234 g/mol. The summed E-state index contributed by atoms with van der Waals surface area (Å²) >= 11 is 1.74. The number of hydrogen-bond acceptors (Lipinski definition) is 4. The minimum absolute atomic E-state index is 0.452. The van der Waals surface area contributed by atoms with Gasteiger partial charge in [0, 0.05) is 6.54 Å². The Morgan fingerprint density at radius 2 is 2.50 bits per heavy atom. The van der Waals surface area contributed by atoms with Crippen molar-refractivity contribution in [1.82, 2.24) is 20.3 Å². The Balaban J connectivity index is 1.92. The number of piperidine rings is 1. The molecule has 5 heteroatoms. The monoisotopic (exact) mass is 234 g/mol. The first-order chi connectivity index (χ1) is 7.95. The van der Waals surface area contributed by atoms with Crippen molar-refractivity contribution in [2.24, 2.45) is 0 Å². The number of aromatic nitrogens is 3. The third-order valence-electron chi connectivity index (χ3n) is 2.97. The molecule has 0 bridgehead atoms. The number of rotatable bonds is 2. The summed E-state index contributed by atoms with van der Waals surface area (Å²) in [7, 11) is 0. The van der Waals surface area contributed by atoms with Crippen LogP contribution in [0.25, 0.3) is 10.6 Å². The molecule has 0 amide bonds. The van der Waals surface area contributed by atoms with Crippen LogP contribution in [0.2, 0.25) is 0 Å². The van der Waals surface area contributed by atoms with E-state index in [9.17, 15) is 0 Å². The fourth-order valence-electron chi connectivity index (χ4n) is 2.16. The van der Waals surface area contributed by atoms with E-state index in [0.717, 1.165) is 18.8 Å². The van der Waals surface area contributed by atoms with Gasteiger partial charge in [0.1, 0.15) is 0 Å². The van der Waals surface area contributed by atoms with E-state index in [1.54, 1.807) is 11.3 Å². The molecule has 1 aliphatic heterocycles. The van der Waals surface area contributed by atoms with Crippen molar-refractivity contribution in [3.05, 3.63) is 23.7 Å². The van der Waals surface area contributed by atoms with Gasteiger partial charge in [-0.3, -0.25) is 0 Å². The smallest absolute Gasteiger partial charge is 0.0989 e. The Hall–Kier alpha value is -1.20. The lowest BCUT2D eigenvalue weighted by molar-refractivity contribution is 0.344. The summed E-state index contributed by atoms with van der Waals surface area (Å²) in [5, 5.41) is 13.8. The van der Waals surface area contributed by atoms with E-state index >= 15 is 0 Å². The molecule has 3 rings (SSSR count). The zero-order chi connectivity index (χ0) is 10.8. The van der Waals surface area contributed by atoms with Crippen LogP contribution in [0.4, 0.5) is 0 Å². The topological polar surface area (TPSA) is 42.7 Å². The summed E-state index contributed by atoms with van der Waals surface area (Å²) in [6, 6.07) is 4.64. The first-order valence-corrected chi connectivity index (χ1v) is 6.48. The van der Waals surface area contributed by atoms with Crippen molar-refractivity contribution in [1.29, 1.82) is 0 Å². The molecule has 0 spiro atoms. The van der Waals surface area contributed by atoms with Gasteiger partial charge in [0.2, 0.25) is 0 Å². The maximum absolute atomic E-state index is 4.23. The highest BCUT2D eigenvalue weighted by Crippen LogP contribution is 2.27. The van der Waals surface area contributed by atoms with Gasteiger partial charge >= 0.3 is 0 Å². The lowest BCUT2D eigenvalue weighted by atomic mass is 10.1. The summed E-state index contributed by atoms with van der Waals surface area (Å²) in [6.07, 6.45) is 4.27. The Morgan fingerprint density at radius 3 is 3.25 bits per heavy atom. The van der Waals surface area contributed by atoms with Gasteiger partial charge in [0.25, 0.3) is 0 Å². The van der Waals surface area contributed by atoms with Gasteiger partial charge in [0.05, 0.1) is 22.8 Å². The maximum atomic E-state index is 4.23. The molecular formula is C11H14N4S. The highest BCUT2D eigenvalue weighted by molar-refractivity contribution is 7.13. The first kappa shape index (κ1) is 9.99. The van der Waals surface area contributed by atoms with Crippen LogP contribution in [0.15, 0.2) is 23.7 Å². The molecule has 3 heterocycles. The molecule has 84 valence electrons. The SMILES string of the molecule is c1csc(-c2cnnn2C2CCCNC2)c1. The van der Waals surface area contributed by atoms with Crippen molar-refractivity contribution >= 4 is 11.3 Å². The molecule has 1 N–H and O–H groups in total. The highest BCUT2D eigenvalue weighted by atomic mass is 32.1. The predicted molar refractivity (Wildman–Crippen MR) is 64.5 cm³/mol. The van der Waals surface area contributed by atoms with Crippen molar-refractivity contribution in [3.8, 4) is 10.6 Å². The van der Waals surface area contributed by atoms with Crippen LogP contribution in [-0.2, 0) is 0 Å². The molecule has 0 radical (unpaired) electrons. The Labute approximate surface area is 98.3 Å². The van der Waals surface area contributed by atoms with Gasteiger partial charge in [0.15, 0.2) is 0 Å². The second kappa shape index (κ2) is 4.35. The number of nitrogens with zero attached hydrogens (tertiary/aromatic N) is 3. The van der Waals surface area contributed by atoms with Crippen molar-refractivity contribution < 1.29 is 0 Å². The van der Waals surface area contributed by atoms with Crippen LogP contribution in [-0.4, -0.2) is 28.1 Å². The van der Waals surface area contributed by atoms with Gasteiger partial charge in [-0.05, 0) is 30.8 Å². The van der Waals surface area contributed by atoms with Crippen LogP contribution in [0.1, 0.15) is 18.9 Å². The summed E-state index contributed by atoms with van der Waals surface area (Å²) < 4.78 is 2.07. The van der Waals surface area contributed by atoms with Crippen molar-refractivity contribution in [3.63, 3.8) is 0 Å². The largest absolute Gasteiger partial charge is 0.315 e. The van der Waals surface area contributed by atoms with Crippen LogP contribution in [0, 0.1) is 0 Å². The highest BCUT2D eigenvalue weighted by Gasteiger charge is 2.19.